The summed E-state index contributed by atoms with van der Waals surface area (Å²) < 4.78 is 30.7. The summed E-state index contributed by atoms with van der Waals surface area (Å²) in [4.78, 5) is 4.18. The Morgan fingerprint density at radius 3 is 2.39 bits per heavy atom. The highest BCUT2D eigenvalue weighted by Crippen LogP contribution is 2.33. The molecule has 0 saturated heterocycles. The van der Waals surface area contributed by atoms with Crippen molar-refractivity contribution in [3.8, 4) is 5.88 Å². The van der Waals surface area contributed by atoms with Gasteiger partial charge in [-0.3, -0.25) is 0 Å². The summed E-state index contributed by atoms with van der Waals surface area (Å²) in [5.74, 6) is 0.204. The molecule has 6 heteroatoms. The average molecular weight is 336 g/mol. The molecule has 0 bridgehead atoms. The van der Waals surface area contributed by atoms with Gasteiger partial charge in [0.15, 0.2) is 9.84 Å². The van der Waals surface area contributed by atoms with E-state index >= 15 is 0 Å². The molecule has 0 aromatic carbocycles. The molecule has 0 atom stereocenters. The van der Waals surface area contributed by atoms with Crippen molar-refractivity contribution in [2.24, 2.45) is 5.41 Å². The van der Waals surface area contributed by atoms with Gasteiger partial charge in [0.1, 0.15) is 4.90 Å². The molecule has 0 aliphatic rings. The zero-order valence-electron chi connectivity index (χ0n) is 11.2. The van der Waals surface area contributed by atoms with E-state index in [2.05, 4.69) is 20.9 Å². The second-order valence-corrected chi connectivity index (χ2v) is 8.17. The van der Waals surface area contributed by atoms with Gasteiger partial charge in [0.25, 0.3) is 0 Å². The molecule has 1 aromatic heterocycles. The Hall–Kier alpha value is -0.620. The number of nitrogens with zero attached hydrogens (tertiary/aromatic N) is 1. The number of sulfone groups is 1. The summed E-state index contributed by atoms with van der Waals surface area (Å²) >= 11 is 3.30. The normalized spacial score (nSPS) is 12.6. The van der Waals surface area contributed by atoms with Crippen molar-refractivity contribution in [1.82, 2.24) is 4.98 Å². The number of ether oxygens (including phenoxy) is 1. The lowest BCUT2D eigenvalue weighted by Gasteiger charge is -2.20. The average Bonchev–Trinajstić information content (AvgIpc) is 2.17. The van der Waals surface area contributed by atoms with Gasteiger partial charge in [-0.25, -0.2) is 13.4 Å². The second-order valence-electron chi connectivity index (χ2n) is 5.39. The molecule has 18 heavy (non-hydrogen) atoms. The minimum atomic E-state index is -3.43. The van der Waals surface area contributed by atoms with Crippen LogP contribution in [0.2, 0.25) is 0 Å². The van der Waals surface area contributed by atoms with Crippen molar-refractivity contribution in [3.63, 3.8) is 0 Å². The van der Waals surface area contributed by atoms with Crippen LogP contribution in [0, 0.1) is 12.3 Å². The van der Waals surface area contributed by atoms with Gasteiger partial charge in [0, 0.05) is 10.7 Å². The van der Waals surface area contributed by atoms with Crippen molar-refractivity contribution in [3.05, 3.63) is 16.2 Å². The standard InChI is InChI=1S/C12H18BrNO3S/c1-8-9(13)6-14-11(17-5)10(8)18(15,16)7-12(2,3)4/h6H,7H2,1-5H3. The van der Waals surface area contributed by atoms with Crippen LogP contribution < -0.4 is 4.74 Å². The summed E-state index contributed by atoms with van der Waals surface area (Å²) in [6.07, 6.45) is 1.55. The summed E-state index contributed by atoms with van der Waals surface area (Å²) in [5.41, 5.74) is 0.310. The van der Waals surface area contributed by atoms with Crippen LogP contribution >= 0.6 is 15.9 Å². The first-order valence-electron chi connectivity index (χ1n) is 5.50. The molecule has 0 N–H and O–H groups in total. The smallest absolute Gasteiger partial charge is 0.232 e. The molecule has 0 aliphatic carbocycles. The summed E-state index contributed by atoms with van der Waals surface area (Å²) in [6.45, 7) is 7.40. The predicted octanol–water partition coefficient (Wildman–Crippen LogP) is 2.98. The summed E-state index contributed by atoms with van der Waals surface area (Å²) in [5, 5.41) is 0. The number of pyridine rings is 1. The fourth-order valence-electron chi connectivity index (χ4n) is 1.69. The van der Waals surface area contributed by atoms with Crippen LogP contribution in [0.5, 0.6) is 5.88 Å². The highest BCUT2D eigenvalue weighted by atomic mass is 79.9. The van der Waals surface area contributed by atoms with E-state index in [1.807, 2.05) is 20.8 Å². The largest absolute Gasteiger partial charge is 0.480 e. The minimum absolute atomic E-state index is 0.0509. The van der Waals surface area contributed by atoms with Crippen molar-refractivity contribution in [1.29, 1.82) is 0 Å². The van der Waals surface area contributed by atoms with E-state index in [0.29, 0.717) is 10.0 Å². The quantitative estimate of drug-likeness (QED) is 0.851. The third kappa shape index (κ3) is 3.45. The number of hydrogen-bond acceptors (Lipinski definition) is 4. The summed E-state index contributed by atoms with van der Waals surface area (Å²) in [7, 11) is -2.01. The number of hydrogen-bond donors (Lipinski definition) is 0. The molecule has 1 heterocycles. The monoisotopic (exact) mass is 335 g/mol. The Balaban J connectivity index is 3.45. The van der Waals surface area contributed by atoms with E-state index < -0.39 is 9.84 Å². The second kappa shape index (κ2) is 5.17. The van der Waals surface area contributed by atoms with Gasteiger partial charge >= 0.3 is 0 Å². The SMILES string of the molecule is COc1ncc(Br)c(C)c1S(=O)(=O)CC(C)(C)C. The van der Waals surface area contributed by atoms with Crippen LogP contribution in [-0.4, -0.2) is 26.3 Å². The first-order valence-corrected chi connectivity index (χ1v) is 7.95. The maximum absolute atomic E-state index is 12.5. The predicted molar refractivity (Wildman–Crippen MR) is 74.7 cm³/mol. The van der Waals surface area contributed by atoms with E-state index in [-0.39, 0.29) is 21.9 Å². The van der Waals surface area contributed by atoms with Crippen molar-refractivity contribution in [2.45, 2.75) is 32.6 Å². The molecule has 0 radical (unpaired) electrons. The molecule has 0 spiro atoms. The topological polar surface area (TPSA) is 56.3 Å². The Morgan fingerprint density at radius 2 is 1.94 bits per heavy atom. The van der Waals surface area contributed by atoms with Crippen LogP contribution in [0.25, 0.3) is 0 Å². The number of rotatable bonds is 3. The Kier molecular flexibility index (Phi) is 4.43. The van der Waals surface area contributed by atoms with Crippen molar-refractivity contribution in [2.75, 3.05) is 12.9 Å². The van der Waals surface area contributed by atoms with Crippen LogP contribution in [0.4, 0.5) is 0 Å². The maximum Gasteiger partial charge on any atom is 0.232 e. The van der Waals surface area contributed by atoms with Gasteiger partial charge in [-0.2, -0.15) is 0 Å². The minimum Gasteiger partial charge on any atom is -0.480 e. The molecule has 1 aromatic rings. The molecule has 102 valence electrons. The molecular formula is C12H18BrNO3S. The van der Waals surface area contributed by atoms with Gasteiger partial charge in [0.05, 0.1) is 12.9 Å². The van der Waals surface area contributed by atoms with Gasteiger partial charge in [-0.1, -0.05) is 20.8 Å². The van der Waals surface area contributed by atoms with Gasteiger partial charge in [-0.15, -0.1) is 0 Å². The van der Waals surface area contributed by atoms with E-state index in [1.54, 1.807) is 13.1 Å². The lowest BCUT2D eigenvalue weighted by Crippen LogP contribution is -2.22. The van der Waals surface area contributed by atoms with E-state index in [1.165, 1.54) is 7.11 Å². The Labute approximate surface area is 117 Å². The fourth-order valence-corrected chi connectivity index (χ4v) is 4.39. The van der Waals surface area contributed by atoms with Crippen LogP contribution in [0.3, 0.4) is 0 Å². The molecule has 0 saturated carbocycles. The molecule has 0 amide bonds. The molecule has 0 fully saturated rings. The Morgan fingerprint density at radius 1 is 1.39 bits per heavy atom. The number of aromatic nitrogens is 1. The fraction of sp³-hybridized carbons (Fsp3) is 0.583. The van der Waals surface area contributed by atoms with Crippen LogP contribution in [0.15, 0.2) is 15.6 Å². The lowest BCUT2D eigenvalue weighted by atomic mass is 10.0. The van der Waals surface area contributed by atoms with Gasteiger partial charge in [-0.05, 0) is 33.8 Å². The van der Waals surface area contributed by atoms with Gasteiger partial charge in [0.2, 0.25) is 5.88 Å². The molecule has 0 unspecified atom stereocenters. The zero-order valence-corrected chi connectivity index (χ0v) is 13.6. The molecular weight excluding hydrogens is 318 g/mol. The zero-order chi connectivity index (χ0) is 14.1. The molecule has 4 nitrogen and oxygen atoms in total. The van der Waals surface area contributed by atoms with Crippen molar-refractivity contribution >= 4 is 25.8 Å². The van der Waals surface area contributed by atoms with Crippen LogP contribution in [0.1, 0.15) is 26.3 Å². The lowest BCUT2D eigenvalue weighted by molar-refractivity contribution is 0.383. The molecule has 1 rings (SSSR count). The highest BCUT2D eigenvalue weighted by Gasteiger charge is 2.29. The highest BCUT2D eigenvalue weighted by molar-refractivity contribution is 9.10. The first-order chi connectivity index (χ1) is 8.08. The van der Waals surface area contributed by atoms with Crippen LogP contribution in [-0.2, 0) is 9.84 Å². The van der Waals surface area contributed by atoms with E-state index in [0.717, 1.165) is 0 Å². The number of halogens is 1. The van der Waals surface area contributed by atoms with E-state index in [9.17, 15) is 8.42 Å². The van der Waals surface area contributed by atoms with E-state index in [4.69, 9.17) is 4.74 Å². The number of methoxy groups -OCH3 is 1. The summed E-state index contributed by atoms with van der Waals surface area (Å²) in [6, 6.07) is 0. The molecule has 0 aliphatic heterocycles. The third-order valence-corrected chi connectivity index (χ3v) is 5.46. The van der Waals surface area contributed by atoms with Crippen molar-refractivity contribution < 1.29 is 13.2 Å². The first kappa shape index (κ1) is 15.4. The van der Waals surface area contributed by atoms with Gasteiger partial charge < -0.3 is 4.74 Å². The maximum atomic E-state index is 12.5. The third-order valence-electron chi connectivity index (χ3n) is 2.32. The Bertz CT molecular complexity index is 547.